The van der Waals surface area contributed by atoms with Gasteiger partial charge in [-0.15, -0.1) is 11.3 Å². The highest BCUT2D eigenvalue weighted by atomic mass is 32.1. The van der Waals surface area contributed by atoms with E-state index in [2.05, 4.69) is 20.7 Å². The number of nitrogens with zero attached hydrogens (tertiary/aromatic N) is 3. The first-order chi connectivity index (χ1) is 14.0. The Morgan fingerprint density at radius 1 is 1.14 bits per heavy atom. The molecule has 0 amide bonds. The molecular formula is C21H18N4O3S. The Morgan fingerprint density at radius 3 is 2.55 bits per heavy atom. The molecule has 2 heterocycles. The lowest BCUT2D eigenvalue weighted by atomic mass is 10.1. The van der Waals surface area contributed by atoms with Gasteiger partial charge in [-0.1, -0.05) is 30.3 Å². The second kappa shape index (κ2) is 7.94. The molecule has 0 aliphatic rings. The van der Waals surface area contributed by atoms with Crippen LogP contribution < -0.4 is 5.32 Å². The second-order valence-electron chi connectivity index (χ2n) is 6.56. The Morgan fingerprint density at radius 2 is 1.86 bits per heavy atom. The van der Waals surface area contributed by atoms with Crippen molar-refractivity contribution in [2.24, 2.45) is 0 Å². The van der Waals surface area contributed by atoms with Crippen molar-refractivity contribution >= 4 is 33.1 Å². The van der Waals surface area contributed by atoms with E-state index in [1.807, 2.05) is 37.3 Å². The molecule has 2 aromatic heterocycles. The molecule has 7 nitrogen and oxygen atoms in total. The molecule has 0 saturated carbocycles. The number of nitro benzene ring substituents is 1. The van der Waals surface area contributed by atoms with E-state index in [1.54, 1.807) is 23.5 Å². The minimum absolute atomic E-state index is 0.00665. The molecule has 2 aromatic carbocycles. The molecule has 0 fully saturated rings. The average Bonchev–Trinajstić information content (AvgIpc) is 3.16. The third-order valence-corrected chi connectivity index (χ3v) is 5.45. The van der Waals surface area contributed by atoms with Crippen LogP contribution in [-0.4, -0.2) is 26.5 Å². The maximum absolute atomic E-state index is 10.8. The van der Waals surface area contributed by atoms with Crippen LogP contribution in [0.1, 0.15) is 17.5 Å². The number of hydrogen-bond acceptors (Lipinski definition) is 7. The molecule has 4 rings (SSSR count). The van der Waals surface area contributed by atoms with Crippen LogP contribution >= 0.6 is 11.3 Å². The molecule has 0 aliphatic heterocycles. The van der Waals surface area contributed by atoms with Gasteiger partial charge in [0.25, 0.3) is 5.69 Å². The van der Waals surface area contributed by atoms with Crippen molar-refractivity contribution < 1.29 is 10.0 Å². The molecule has 0 spiro atoms. The van der Waals surface area contributed by atoms with Gasteiger partial charge in [0, 0.05) is 29.6 Å². The van der Waals surface area contributed by atoms with Crippen molar-refractivity contribution in [3.63, 3.8) is 0 Å². The zero-order valence-electron chi connectivity index (χ0n) is 15.6. The number of thiophene rings is 1. The molecule has 29 heavy (non-hydrogen) atoms. The third kappa shape index (κ3) is 3.94. The van der Waals surface area contributed by atoms with Crippen LogP contribution in [0.5, 0.6) is 0 Å². The first kappa shape index (κ1) is 19.0. The number of anilines is 1. The molecule has 1 atom stereocenters. The molecule has 0 aliphatic carbocycles. The Labute approximate surface area is 170 Å². The summed E-state index contributed by atoms with van der Waals surface area (Å²) < 4.78 is 0. The van der Waals surface area contributed by atoms with Crippen LogP contribution in [0.2, 0.25) is 0 Å². The van der Waals surface area contributed by atoms with Gasteiger partial charge in [0.05, 0.1) is 16.4 Å². The normalized spacial score (nSPS) is 12.1. The highest BCUT2D eigenvalue weighted by molar-refractivity contribution is 7.17. The van der Waals surface area contributed by atoms with Gasteiger partial charge in [-0.3, -0.25) is 10.1 Å². The summed E-state index contributed by atoms with van der Waals surface area (Å²) in [4.78, 5) is 20.3. The summed E-state index contributed by atoms with van der Waals surface area (Å²) in [6, 6.07) is 15.9. The molecule has 2 N–H and O–H groups in total. The van der Waals surface area contributed by atoms with Crippen LogP contribution in [0.4, 0.5) is 11.5 Å². The van der Waals surface area contributed by atoms with Crippen molar-refractivity contribution in [1.29, 1.82) is 0 Å². The van der Waals surface area contributed by atoms with Gasteiger partial charge in [-0.2, -0.15) is 0 Å². The maximum Gasteiger partial charge on any atom is 0.269 e. The largest absolute Gasteiger partial charge is 0.387 e. The fourth-order valence-electron chi connectivity index (χ4n) is 3.14. The van der Waals surface area contributed by atoms with Gasteiger partial charge in [0.1, 0.15) is 16.5 Å². The zero-order chi connectivity index (χ0) is 20.4. The first-order valence-corrected chi connectivity index (χ1v) is 9.88. The number of aliphatic hydroxyl groups is 1. The van der Waals surface area contributed by atoms with E-state index in [0.29, 0.717) is 17.2 Å². The van der Waals surface area contributed by atoms with Crippen LogP contribution in [-0.2, 0) is 0 Å². The fourth-order valence-corrected chi connectivity index (χ4v) is 4.13. The number of hydrogen-bond donors (Lipinski definition) is 2. The number of aliphatic hydroxyl groups excluding tert-OH is 1. The smallest absolute Gasteiger partial charge is 0.269 e. The van der Waals surface area contributed by atoms with E-state index in [-0.39, 0.29) is 12.2 Å². The number of nitro groups is 1. The summed E-state index contributed by atoms with van der Waals surface area (Å²) >= 11 is 1.55. The predicted molar refractivity (Wildman–Crippen MR) is 114 cm³/mol. The Hall–Kier alpha value is -3.36. The van der Waals surface area contributed by atoms with Crippen molar-refractivity contribution in [2.45, 2.75) is 13.0 Å². The van der Waals surface area contributed by atoms with E-state index in [4.69, 9.17) is 0 Å². The standard InChI is InChI=1S/C21H18N4O3S/c1-13-23-20(22-11-18(26)15-7-9-16(10-8-15)25(27)28)19-17(12-29-21(19)24-13)14-5-3-2-4-6-14/h2-10,12,18,26H,11H2,1H3,(H,22,23,24)/t18-/m1/s1. The van der Waals surface area contributed by atoms with Gasteiger partial charge in [-0.05, 0) is 30.2 Å². The van der Waals surface area contributed by atoms with E-state index < -0.39 is 11.0 Å². The minimum atomic E-state index is -0.833. The quantitative estimate of drug-likeness (QED) is 0.355. The molecule has 0 radical (unpaired) electrons. The van der Waals surface area contributed by atoms with Crippen LogP contribution in [0.25, 0.3) is 21.3 Å². The fraction of sp³-hybridized carbons (Fsp3) is 0.143. The molecular weight excluding hydrogens is 388 g/mol. The molecule has 146 valence electrons. The predicted octanol–water partition coefficient (Wildman–Crippen LogP) is 4.72. The van der Waals surface area contributed by atoms with Crippen LogP contribution in [0, 0.1) is 17.0 Å². The van der Waals surface area contributed by atoms with Crippen molar-refractivity contribution in [1.82, 2.24) is 9.97 Å². The summed E-state index contributed by atoms with van der Waals surface area (Å²) in [5.41, 5.74) is 2.70. The number of non-ortho nitro benzene ring substituents is 1. The van der Waals surface area contributed by atoms with Crippen LogP contribution in [0.15, 0.2) is 60.0 Å². The summed E-state index contributed by atoms with van der Waals surface area (Å²) in [6.07, 6.45) is -0.833. The highest BCUT2D eigenvalue weighted by Gasteiger charge is 2.16. The Balaban J connectivity index is 1.62. The number of rotatable bonds is 6. The van der Waals surface area contributed by atoms with Gasteiger partial charge in [0.15, 0.2) is 0 Å². The lowest BCUT2D eigenvalue weighted by Gasteiger charge is -2.14. The second-order valence-corrected chi connectivity index (χ2v) is 7.42. The Bertz CT molecular complexity index is 1160. The Kier molecular flexibility index (Phi) is 5.20. The van der Waals surface area contributed by atoms with E-state index in [0.717, 1.165) is 21.3 Å². The first-order valence-electron chi connectivity index (χ1n) is 9.00. The van der Waals surface area contributed by atoms with Crippen molar-refractivity contribution in [3.8, 4) is 11.1 Å². The molecule has 0 unspecified atom stereocenters. The topological polar surface area (TPSA) is 101 Å². The molecule has 4 aromatic rings. The van der Waals surface area contributed by atoms with E-state index in [9.17, 15) is 15.2 Å². The van der Waals surface area contributed by atoms with Gasteiger partial charge in [-0.25, -0.2) is 9.97 Å². The zero-order valence-corrected chi connectivity index (χ0v) is 16.4. The summed E-state index contributed by atoms with van der Waals surface area (Å²) in [5.74, 6) is 1.31. The SMILES string of the molecule is Cc1nc(NC[C@@H](O)c2ccc([N+](=O)[O-])cc2)c2c(-c3ccccc3)csc2n1. The van der Waals surface area contributed by atoms with Gasteiger partial charge < -0.3 is 10.4 Å². The maximum atomic E-state index is 10.8. The average molecular weight is 406 g/mol. The van der Waals surface area contributed by atoms with E-state index in [1.165, 1.54) is 12.1 Å². The lowest BCUT2D eigenvalue weighted by Crippen LogP contribution is -2.13. The monoisotopic (exact) mass is 406 g/mol. The summed E-state index contributed by atoms with van der Waals surface area (Å²) in [5, 5.41) is 27.5. The van der Waals surface area contributed by atoms with Crippen LogP contribution in [0.3, 0.4) is 0 Å². The summed E-state index contributed by atoms with van der Waals surface area (Å²) in [7, 11) is 0. The molecule has 0 bridgehead atoms. The number of aromatic nitrogens is 2. The number of benzene rings is 2. The highest BCUT2D eigenvalue weighted by Crippen LogP contribution is 2.37. The van der Waals surface area contributed by atoms with E-state index >= 15 is 0 Å². The molecule has 8 heteroatoms. The number of aryl methyl sites for hydroxylation is 1. The number of nitrogens with one attached hydrogen (secondary N) is 1. The number of fused-ring (bicyclic) bond motifs is 1. The van der Waals surface area contributed by atoms with Crippen molar-refractivity contribution in [2.75, 3.05) is 11.9 Å². The lowest BCUT2D eigenvalue weighted by molar-refractivity contribution is -0.384. The van der Waals surface area contributed by atoms with Gasteiger partial charge in [0.2, 0.25) is 0 Å². The minimum Gasteiger partial charge on any atom is -0.387 e. The van der Waals surface area contributed by atoms with Gasteiger partial charge >= 0.3 is 0 Å². The summed E-state index contributed by atoms with van der Waals surface area (Å²) in [6.45, 7) is 2.05. The molecule has 0 saturated heterocycles. The van der Waals surface area contributed by atoms with Crippen molar-refractivity contribution in [3.05, 3.63) is 81.5 Å². The third-order valence-electron chi connectivity index (χ3n) is 4.58.